The molecule has 2 aliphatic carbocycles. The molecule has 4 heterocycles. The van der Waals surface area contributed by atoms with Crippen molar-refractivity contribution >= 4 is 89.6 Å². The van der Waals surface area contributed by atoms with E-state index < -0.39 is 32.0 Å². The fourth-order valence-electron chi connectivity index (χ4n) is 5.29. The number of sulfonamides is 2. The van der Waals surface area contributed by atoms with Crippen molar-refractivity contribution in [3.63, 3.8) is 0 Å². The normalized spacial score (nSPS) is 15.9. The number of rotatable bonds is 10. The smallest absolute Gasteiger partial charge is 0.350 e. The molecule has 2 fully saturated rings. The van der Waals surface area contributed by atoms with Gasteiger partial charge in [-0.15, -0.1) is 22.7 Å². The molecular weight excluding hydrogens is 776 g/mol. The lowest BCUT2D eigenvalue weighted by molar-refractivity contribution is 0.0203. The minimum atomic E-state index is -4.05. The fraction of sp³-hybridized carbons (Fsp3) is 0.467. The van der Waals surface area contributed by atoms with Crippen LogP contribution in [0.5, 0.6) is 0 Å². The number of hydrogen-bond donors (Lipinski definition) is 2. The highest BCUT2D eigenvalue weighted by molar-refractivity contribution is 7.93. The summed E-state index contributed by atoms with van der Waals surface area (Å²) in [5.74, 6) is -1.61. The van der Waals surface area contributed by atoms with Crippen molar-refractivity contribution in [2.45, 2.75) is 100 Å². The van der Waals surface area contributed by atoms with Crippen LogP contribution in [0.2, 0.25) is 10.0 Å². The number of aryl methyl sites for hydroxylation is 2. The van der Waals surface area contributed by atoms with E-state index in [2.05, 4.69) is 19.8 Å². The third kappa shape index (κ3) is 9.19. The van der Waals surface area contributed by atoms with Gasteiger partial charge >= 0.3 is 11.9 Å². The van der Waals surface area contributed by atoms with Crippen LogP contribution >= 0.6 is 45.9 Å². The van der Waals surface area contributed by atoms with E-state index in [9.17, 15) is 26.4 Å². The number of aromatic nitrogens is 2. The summed E-state index contributed by atoms with van der Waals surface area (Å²) in [5, 5.41) is 10.4. The average molecular weight is 810 g/mol. The van der Waals surface area contributed by atoms with Crippen LogP contribution in [0.4, 0.5) is 11.8 Å². The first kappa shape index (κ1) is 38.1. The van der Waals surface area contributed by atoms with Crippen LogP contribution in [0.15, 0.2) is 41.7 Å². The Labute approximate surface area is 306 Å². The minimum absolute atomic E-state index is 0.0328. The molecule has 0 aliphatic heterocycles. The number of carbonyl (C=O) groups is 2. The zero-order valence-electron chi connectivity index (χ0n) is 26.9. The molecule has 2 saturated carbocycles. The van der Waals surface area contributed by atoms with Crippen molar-refractivity contribution in [1.82, 2.24) is 10.3 Å². The largest absolute Gasteiger partial charge is 0.458 e. The molecule has 0 radical (unpaired) electrons. The highest BCUT2D eigenvalue weighted by atomic mass is 35.5. The molecule has 0 unspecified atom stereocenters. The molecule has 2 N–H and O–H groups in total. The Balaban J connectivity index is 0.000000194. The Kier molecular flexibility index (Phi) is 12.5. The highest BCUT2D eigenvalue weighted by Crippen LogP contribution is 2.33. The van der Waals surface area contributed by atoms with Gasteiger partial charge in [0.2, 0.25) is 0 Å². The van der Waals surface area contributed by atoms with Crippen LogP contribution in [0.3, 0.4) is 0 Å². The number of nitrogens with zero attached hydrogens (tertiary/aromatic N) is 2. The predicted octanol–water partition coefficient (Wildman–Crippen LogP) is 7.98. The molecule has 0 aromatic carbocycles. The summed E-state index contributed by atoms with van der Waals surface area (Å²) in [6.45, 7) is 3.17. The summed E-state index contributed by atoms with van der Waals surface area (Å²) >= 11 is 13.9. The molecule has 4 aromatic heterocycles. The Bertz CT molecular complexity index is 1880. The summed E-state index contributed by atoms with van der Waals surface area (Å²) < 4.78 is 75.4. The number of ether oxygens (including phenoxy) is 2. The van der Waals surface area contributed by atoms with Crippen molar-refractivity contribution in [2.24, 2.45) is 0 Å². The van der Waals surface area contributed by atoms with Gasteiger partial charge in [-0.1, -0.05) is 46.4 Å². The summed E-state index contributed by atoms with van der Waals surface area (Å²) in [5.41, 5.74) is 0.725. The SMILES string of the molecule is Cc1noc(NS(=O)(=O)c2ccsc2C(=O)OC2CCCCC2)c1Cl.Cc1noc(NS(=O)(=O)c2ccsc2C(=O)OC2CCCCC2)c1Cl. The van der Waals surface area contributed by atoms with Crippen LogP contribution < -0.4 is 9.44 Å². The standard InChI is InChI=1S/2C15H17ClN2O5S2/c2*1-9-12(16)14(23-17-9)18-25(20,21)11-7-8-24-13(11)15(19)22-10-5-3-2-4-6-10/h2*7-8,10,18H,2-6H2,1H3. The summed E-state index contributed by atoms with van der Waals surface area (Å²) in [4.78, 5) is 24.5. The number of halogens is 2. The maximum atomic E-state index is 12.6. The molecule has 0 atom stereocenters. The number of carbonyl (C=O) groups excluding carboxylic acids is 2. The Morgan fingerprint density at radius 2 is 1.06 bits per heavy atom. The average Bonchev–Trinajstić information content (AvgIpc) is 3.90. The van der Waals surface area contributed by atoms with Gasteiger partial charge in [0.25, 0.3) is 31.8 Å². The molecule has 4 aromatic rings. The van der Waals surface area contributed by atoms with Crippen molar-refractivity contribution < 1.29 is 44.9 Å². The second-order valence-corrected chi connectivity index (χ2v) is 17.5. The van der Waals surface area contributed by atoms with Gasteiger partial charge in [-0.3, -0.25) is 0 Å². The van der Waals surface area contributed by atoms with Gasteiger partial charge in [0.15, 0.2) is 0 Å². The highest BCUT2D eigenvalue weighted by Gasteiger charge is 2.31. The van der Waals surface area contributed by atoms with E-state index in [-0.39, 0.29) is 53.6 Å². The molecule has 0 bridgehead atoms. The van der Waals surface area contributed by atoms with Crippen LogP contribution in [0.25, 0.3) is 0 Å². The van der Waals surface area contributed by atoms with Gasteiger partial charge in [-0.25, -0.2) is 35.9 Å². The zero-order valence-corrected chi connectivity index (χ0v) is 31.7. The monoisotopic (exact) mass is 808 g/mol. The molecular formula is C30H34Cl2N4O10S4. The molecule has 14 nitrogen and oxygen atoms in total. The Morgan fingerprint density at radius 1 is 0.700 bits per heavy atom. The third-order valence-corrected chi connectivity index (χ3v) is 13.6. The van der Waals surface area contributed by atoms with Crippen LogP contribution in [0, 0.1) is 13.8 Å². The van der Waals surface area contributed by atoms with E-state index in [1.165, 1.54) is 22.9 Å². The maximum absolute atomic E-state index is 12.6. The van der Waals surface area contributed by atoms with Crippen LogP contribution in [-0.2, 0) is 29.5 Å². The molecule has 6 rings (SSSR count). The number of thiophene rings is 2. The van der Waals surface area contributed by atoms with E-state index in [0.29, 0.717) is 11.4 Å². The van der Waals surface area contributed by atoms with Crippen LogP contribution in [0.1, 0.15) is 94.9 Å². The van der Waals surface area contributed by atoms with Gasteiger partial charge in [-0.05, 0) is 88.1 Å². The lowest BCUT2D eigenvalue weighted by Crippen LogP contribution is -2.22. The molecule has 0 spiro atoms. The fourth-order valence-corrected chi connectivity index (χ4v) is 10.2. The quantitative estimate of drug-likeness (QED) is 0.147. The minimum Gasteiger partial charge on any atom is -0.458 e. The van der Waals surface area contributed by atoms with Gasteiger partial charge in [0.05, 0.1) is 0 Å². The van der Waals surface area contributed by atoms with E-state index in [4.69, 9.17) is 41.7 Å². The number of hydrogen-bond acceptors (Lipinski definition) is 14. The summed E-state index contributed by atoms with van der Waals surface area (Å²) in [7, 11) is -8.11. The first-order chi connectivity index (χ1) is 23.8. The summed E-state index contributed by atoms with van der Waals surface area (Å²) in [6.07, 6.45) is 9.25. The van der Waals surface area contributed by atoms with Crippen molar-refractivity contribution in [2.75, 3.05) is 9.44 Å². The molecule has 20 heteroatoms. The topological polar surface area (TPSA) is 197 Å². The van der Waals surface area contributed by atoms with Gasteiger partial charge in [0, 0.05) is 0 Å². The van der Waals surface area contributed by atoms with E-state index in [0.717, 1.165) is 86.9 Å². The molecule has 272 valence electrons. The van der Waals surface area contributed by atoms with Gasteiger partial charge in [0.1, 0.15) is 53.2 Å². The van der Waals surface area contributed by atoms with Crippen molar-refractivity contribution in [3.05, 3.63) is 54.1 Å². The first-order valence-electron chi connectivity index (χ1n) is 15.6. The number of nitrogens with one attached hydrogen (secondary N) is 2. The molecule has 2 aliphatic rings. The second kappa shape index (κ2) is 16.5. The lowest BCUT2D eigenvalue weighted by atomic mass is 9.98. The summed E-state index contributed by atoms with van der Waals surface area (Å²) in [6, 6.07) is 2.70. The zero-order chi connectivity index (χ0) is 36.1. The van der Waals surface area contributed by atoms with E-state index >= 15 is 0 Å². The molecule has 0 saturated heterocycles. The van der Waals surface area contributed by atoms with Crippen LogP contribution in [-0.4, -0.2) is 51.3 Å². The number of esters is 2. The van der Waals surface area contributed by atoms with E-state index in [1.807, 2.05) is 0 Å². The molecule has 50 heavy (non-hydrogen) atoms. The molecule has 0 amide bonds. The van der Waals surface area contributed by atoms with Gasteiger partial charge < -0.3 is 18.5 Å². The number of anilines is 2. The Morgan fingerprint density at radius 3 is 1.38 bits per heavy atom. The van der Waals surface area contributed by atoms with Crippen molar-refractivity contribution in [1.29, 1.82) is 0 Å². The maximum Gasteiger partial charge on any atom is 0.350 e. The van der Waals surface area contributed by atoms with Gasteiger partial charge in [-0.2, -0.15) is 0 Å². The Hall–Kier alpha value is -3.16. The van der Waals surface area contributed by atoms with Crippen molar-refractivity contribution in [3.8, 4) is 0 Å². The first-order valence-corrected chi connectivity index (χ1v) is 21.1. The third-order valence-electron chi connectivity index (χ3n) is 7.90. The second-order valence-electron chi connectivity index (χ2n) is 11.6. The lowest BCUT2D eigenvalue weighted by Gasteiger charge is -2.21. The van der Waals surface area contributed by atoms with E-state index in [1.54, 1.807) is 13.8 Å². The predicted molar refractivity (Wildman–Crippen MR) is 187 cm³/mol.